The molecular formula is C15H20O4. The van der Waals surface area contributed by atoms with E-state index in [9.17, 15) is 4.79 Å². The maximum absolute atomic E-state index is 10.7. The number of carbonyl (C=O) groups is 1. The van der Waals surface area contributed by atoms with Crippen molar-refractivity contribution in [2.75, 3.05) is 0 Å². The number of rotatable bonds is 6. The van der Waals surface area contributed by atoms with Gasteiger partial charge in [-0.3, -0.25) is 0 Å². The van der Waals surface area contributed by atoms with Gasteiger partial charge in [0.15, 0.2) is 0 Å². The third-order valence-electron chi connectivity index (χ3n) is 3.44. The van der Waals surface area contributed by atoms with Gasteiger partial charge in [-0.2, -0.15) is 0 Å². The second-order valence-corrected chi connectivity index (χ2v) is 5.55. The Balaban J connectivity index is 1.78. The number of hydrogen-bond donors (Lipinski definition) is 1. The summed E-state index contributed by atoms with van der Waals surface area (Å²) in [5.41, 5.74) is 0.302. The lowest BCUT2D eigenvalue weighted by atomic mass is 10.0. The third-order valence-corrected chi connectivity index (χ3v) is 3.44. The van der Waals surface area contributed by atoms with Gasteiger partial charge in [-0.25, -0.2) is 4.79 Å². The minimum atomic E-state index is -0.923. The monoisotopic (exact) mass is 264 g/mol. The van der Waals surface area contributed by atoms with E-state index in [0.717, 1.165) is 12.8 Å². The van der Waals surface area contributed by atoms with Gasteiger partial charge in [0.05, 0.1) is 23.4 Å². The second-order valence-electron chi connectivity index (χ2n) is 5.55. The molecule has 1 N–H and O–H groups in total. The zero-order chi connectivity index (χ0) is 14.0. The first-order valence-electron chi connectivity index (χ1n) is 6.56. The van der Waals surface area contributed by atoms with Crippen molar-refractivity contribution in [2.45, 2.75) is 51.4 Å². The van der Waals surface area contributed by atoms with Crippen LogP contribution in [0.15, 0.2) is 24.3 Å². The first-order valence-corrected chi connectivity index (χ1v) is 6.56. The van der Waals surface area contributed by atoms with Crippen molar-refractivity contribution in [2.24, 2.45) is 0 Å². The SMILES string of the molecule is CC(CCC1OC1(C)C)Oc1ccc(C(=O)O)cc1. The number of hydrogen-bond acceptors (Lipinski definition) is 3. The Morgan fingerprint density at radius 1 is 1.42 bits per heavy atom. The Labute approximate surface area is 113 Å². The zero-order valence-corrected chi connectivity index (χ0v) is 11.6. The second kappa shape index (κ2) is 5.21. The fourth-order valence-electron chi connectivity index (χ4n) is 2.09. The van der Waals surface area contributed by atoms with Crippen molar-refractivity contribution in [1.29, 1.82) is 0 Å². The van der Waals surface area contributed by atoms with Gasteiger partial charge in [0.25, 0.3) is 0 Å². The number of aromatic carboxylic acids is 1. The number of benzene rings is 1. The van der Waals surface area contributed by atoms with Crippen LogP contribution < -0.4 is 4.74 Å². The summed E-state index contributed by atoms with van der Waals surface area (Å²) in [6.07, 6.45) is 2.35. The van der Waals surface area contributed by atoms with Crippen molar-refractivity contribution in [1.82, 2.24) is 0 Å². The highest BCUT2D eigenvalue weighted by molar-refractivity contribution is 5.87. The van der Waals surface area contributed by atoms with Gasteiger partial charge in [0.1, 0.15) is 5.75 Å². The molecule has 19 heavy (non-hydrogen) atoms. The van der Waals surface area contributed by atoms with Gasteiger partial charge < -0.3 is 14.6 Å². The molecule has 1 saturated heterocycles. The zero-order valence-electron chi connectivity index (χ0n) is 11.6. The molecule has 0 amide bonds. The summed E-state index contributed by atoms with van der Waals surface area (Å²) in [7, 11) is 0. The summed E-state index contributed by atoms with van der Waals surface area (Å²) in [5, 5.41) is 8.80. The van der Waals surface area contributed by atoms with Gasteiger partial charge in [-0.15, -0.1) is 0 Å². The number of ether oxygens (including phenoxy) is 2. The summed E-state index contributed by atoms with van der Waals surface area (Å²) >= 11 is 0. The van der Waals surface area contributed by atoms with E-state index in [-0.39, 0.29) is 17.3 Å². The first kappa shape index (κ1) is 13.9. The molecule has 0 saturated carbocycles. The fourth-order valence-corrected chi connectivity index (χ4v) is 2.09. The summed E-state index contributed by atoms with van der Waals surface area (Å²) in [6.45, 7) is 6.20. The molecule has 1 aliphatic heterocycles. The lowest BCUT2D eigenvalue weighted by molar-refractivity contribution is 0.0697. The average Bonchev–Trinajstić information content (AvgIpc) is 2.95. The number of carboxylic acid groups (broad SMARTS) is 1. The predicted molar refractivity (Wildman–Crippen MR) is 71.7 cm³/mol. The molecule has 1 heterocycles. The van der Waals surface area contributed by atoms with Gasteiger partial charge in [-0.05, 0) is 57.9 Å². The summed E-state index contributed by atoms with van der Waals surface area (Å²) in [5.74, 6) is -0.221. The lowest BCUT2D eigenvalue weighted by Crippen LogP contribution is -2.14. The van der Waals surface area contributed by atoms with Gasteiger partial charge in [0, 0.05) is 0 Å². The molecule has 1 aliphatic rings. The molecule has 0 bridgehead atoms. The van der Waals surface area contributed by atoms with E-state index < -0.39 is 5.97 Å². The highest BCUT2D eigenvalue weighted by Crippen LogP contribution is 2.38. The van der Waals surface area contributed by atoms with E-state index in [2.05, 4.69) is 13.8 Å². The standard InChI is InChI=1S/C15H20O4/c1-10(4-9-13-15(2,3)19-13)18-12-7-5-11(6-8-12)14(16)17/h5-8,10,13H,4,9H2,1-3H3,(H,16,17). The molecule has 0 aliphatic carbocycles. The van der Waals surface area contributed by atoms with E-state index in [1.54, 1.807) is 24.3 Å². The van der Waals surface area contributed by atoms with Gasteiger partial charge in [-0.1, -0.05) is 0 Å². The van der Waals surface area contributed by atoms with Crippen LogP contribution in [0.1, 0.15) is 44.0 Å². The smallest absolute Gasteiger partial charge is 0.335 e. The van der Waals surface area contributed by atoms with Crippen molar-refractivity contribution in [3.8, 4) is 5.75 Å². The average molecular weight is 264 g/mol. The molecule has 2 atom stereocenters. The predicted octanol–water partition coefficient (Wildman–Crippen LogP) is 3.11. The van der Waals surface area contributed by atoms with E-state index in [4.69, 9.17) is 14.6 Å². The third kappa shape index (κ3) is 3.70. The quantitative estimate of drug-likeness (QED) is 0.802. The van der Waals surface area contributed by atoms with E-state index in [1.807, 2.05) is 6.92 Å². The van der Waals surface area contributed by atoms with Crippen molar-refractivity contribution in [3.63, 3.8) is 0 Å². The van der Waals surface area contributed by atoms with Crippen molar-refractivity contribution >= 4 is 5.97 Å². The maximum atomic E-state index is 10.7. The van der Waals surface area contributed by atoms with Crippen LogP contribution in [0.5, 0.6) is 5.75 Å². The molecular weight excluding hydrogens is 244 g/mol. The van der Waals surface area contributed by atoms with Crippen LogP contribution in [0.3, 0.4) is 0 Å². The van der Waals surface area contributed by atoms with Crippen molar-refractivity contribution < 1.29 is 19.4 Å². The highest BCUT2D eigenvalue weighted by Gasteiger charge is 2.47. The maximum Gasteiger partial charge on any atom is 0.335 e. The van der Waals surface area contributed by atoms with E-state index in [0.29, 0.717) is 11.9 Å². The molecule has 4 nitrogen and oxygen atoms in total. The Hall–Kier alpha value is -1.55. The van der Waals surface area contributed by atoms with Gasteiger partial charge in [0.2, 0.25) is 0 Å². The molecule has 4 heteroatoms. The topological polar surface area (TPSA) is 59.1 Å². The normalized spacial score (nSPS) is 21.7. The van der Waals surface area contributed by atoms with Gasteiger partial charge >= 0.3 is 5.97 Å². The van der Waals surface area contributed by atoms with Crippen LogP contribution in [0.4, 0.5) is 0 Å². The number of carboxylic acids is 1. The van der Waals surface area contributed by atoms with Crippen LogP contribution in [-0.4, -0.2) is 28.9 Å². The van der Waals surface area contributed by atoms with Crippen LogP contribution in [0.25, 0.3) is 0 Å². The van der Waals surface area contributed by atoms with Crippen LogP contribution in [0.2, 0.25) is 0 Å². The molecule has 2 unspecified atom stereocenters. The first-order chi connectivity index (χ1) is 8.88. The molecule has 0 aromatic heterocycles. The molecule has 1 aromatic carbocycles. The Bertz CT molecular complexity index is 450. The summed E-state index contributed by atoms with van der Waals surface area (Å²) in [4.78, 5) is 10.7. The largest absolute Gasteiger partial charge is 0.491 e. The highest BCUT2D eigenvalue weighted by atomic mass is 16.6. The summed E-state index contributed by atoms with van der Waals surface area (Å²) in [6, 6.07) is 6.49. The minimum Gasteiger partial charge on any atom is -0.491 e. The van der Waals surface area contributed by atoms with E-state index in [1.165, 1.54) is 0 Å². The minimum absolute atomic E-state index is 0.0306. The molecule has 1 aromatic rings. The Morgan fingerprint density at radius 3 is 2.47 bits per heavy atom. The van der Waals surface area contributed by atoms with E-state index >= 15 is 0 Å². The lowest BCUT2D eigenvalue weighted by Gasteiger charge is -2.14. The van der Waals surface area contributed by atoms with Crippen molar-refractivity contribution in [3.05, 3.63) is 29.8 Å². The fraction of sp³-hybridized carbons (Fsp3) is 0.533. The number of epoxide rings is 1. The molecule has 0 radical (unpaired) electrons. The molecule has 2 rings (SSSR count). The molecule has 104 valence electrons. The van der Waals surface area contributed by atoms with Crippen LogP contribution in [0, 0.1) is 0 Å². The Morgan fingerprint density at radius 2 is 2.00 bits per heavy atom. The molecule has 1 fully saturated rings. The van der Waals surface area contributed by atoms with Crippen LogP contribution in [-0.2, 0) is 4.74 Å². The Kier molecular flexibility index (Phi) is 3.80. The summed E-state index contributed by atoms with van der Waals surface area (Å²) < 4.78 is 11.3. The molecule has 0 spiro atoms. The van der Waals surface area contributed by atoms with Crippen LogP contribution >= 0.6 is 0 Å².